The summed E-state index contributed by atoms with van der Waals surface area (Å²) in [5.74, 6) is -1.76. The Hall–Kier alpha value is -2.22. The average molecular weight is 253 g/mol. The Morgan fingerprint density at radius 1 is 1.33 bits per heavy atom. The van der Waals surface area contributed by atoms with Gasteiger partial charge in [-0.2, -0.15) is 0 Å². The van der Waals surface area contributed by atoms with Crippen LogP contribution < -0.4 is 0 Å². The largest absolute Gasteiger partial charge is 0.378 e. The average Bonchev–Trinajstić information content (AvgIpc) is 2.88. The van der Waals surface area contributed by atoms with Crippen molar-refractivity contribution in [2.75, 3.05) is 26.3 Å². The van der Waals surface area contributed by atoms with Crippen LogP contribution >= 0.6 is 0 Å². The minimum atomic E-state index is -0.773. The lowest BCUT2D eigenvalue weighted by Gasteiger charge is -2.25. The van der Waals surface area contributed by atoms with Crippen molar-refractivity contribution in [3.8, 4) is 0 Å². The highest BCUT2D eigenvalue weighted by Crippen LogP contribution is 2.11. The van der Waals surface area contributed by atoms with Crippen molar-refractivity contribution in [1.29, 1.82) is 0 Å². The number of ether oxygens (including phenoxy) is 1. The number of hydrogen-bond acceptors (Lipinski definition) is 5. The number of nitrogens with zero attached hydrogens (tertiary/aromatic N) is 2. The predicted octanol–water partition coefficient (Wildman–Crippen LogP) is -0.0356. The van der Waals surface area contributed by atoms with E-state index in [0.717, 1.165) is 6.07 Å². The number of morpholine rings is 1. The van der Waals surface area contributed by atoms with Gasteiger partial charge in [0, 0.05) is 19.2 Å². The van der Waals surface area contributed by atoms with Crippen LogP contribution in [0.5, 0.6) is 0 Å². The van der Waals surface area contributed by atoms with Gasteiger partial charge < -0.3 is 19.8 Å². The van der Waals surface area contributed by atoms with E-state index in [1.54, 1.807) is 0 Å². The molecule has 8 heteroatoms. The molecule has 0 radical (unpaired) electrons. The fourth-order valence-electron chi connectivity index (χ4n) is 1.65. The van der Waals surface area contributed by atoms with E-state index in [-0.39, 0.29) is 11.5 Å². The van der Waals surface area contributed by atoms with Gasteiger partial charge in [0.2, 0.25) is 0 Å². The molecule has 1 amide bonds. The molecule has 96 valence electrons. The maximum Gasteiger partial charge on any atom is 0.321 e. The number of nitrogens with one attached hydrogen (secondary N) is 1. The number of nitro groups is 1. The SMILES string of the molecule is O=C(C(=O)N1CCOCC1)c1ccc([N+](=O)[O-])[nH]1. The molecule has 1 fully saturated rings. The van der Waals surface area contributed by atoms with Crippen LogP contribution in [0.4, 0.5) is 5.82 Å². The van der Waals surface area contributed by atoms with Crippen LogP contribution in [0.1, 0.15) is 10.5 Å². The van der Waals surface area contributed by atoms with E-state index in [2.05, 4.69) is 4.98 Å². The minimum absolute atomic E-state index is 0.0711. The van der Waals surface area contributed by atoms with Crippen LogP contribution in [0.3, 0.4) is 0 Å². The van der Waals surface area contributed by atoms with Gasteiger partial charge in [-0.3, -0.25) is 9.59 Å². The van der Waals surface area contributed by atoms with Gasteiger partial charge in [-0.25, -0.2) is 4.98 Å². The zero-order chi connectivity index (χ0) is 13.1. The second kappa shape index (κ2) is 4.96. The van der Waals surface area contributed by atoms with E-state index in [1.807, 2.05) is 0 Å². The maximum absolute atomic E-state index is 11.8. The number of carbonyl (C=O) groups excluding carboxylic acids is 2. The molecular weight excluding hydrogens is 242 g/mol. The first-order valence-electron chi connectivity index (χ1n) is 5.34. The molecule has 2 heterocycles. The third-order valence-corrected chi connectivity index (χ3v) is 2.60. The van der Waals surface area contributed by atoms with E-state index in [9.17, 15) is 19.7 Å². The maximum atomic E-state index is 11.8. The summed E-state index contributed by atoms with van der Waals surface area (Å²) >= 11 is 0. The quantitative estimate of drug-likeness (QED) is 0.352. The van der Waals surface area contributed by atoms with Gasteiger partial charge in [0.05, 0.1) is 13.2 Å². The second-order valence-electron chi connectivity index (χ2n) is 3.75. The van der Waals surface area contributed by atoms with Gasteiger partial charge >= 0.3 is 5.82 Å². The Labute approximate surface area is 102 Å². The molecule has 0 atom stereocenters. The number of aromatic amines is 1. The molecule has 0 unspecified atom stereocenters. The lowest BCUT2D eigenvalue weighted by molar-refractivity contribution is -0.389. The van der Waals surface area contributed by atoms with E-state index in [4.69, 9.17) is 4.74 Å². The summed E-state index contributed by atoms with van der Waals surface area (Å²) in [6, 6.07) is 2.39. The lowest BCUT2D eigenvalue weighted by Crippen LogP contribution is -2.44. The van der Waals surface area contributed by atoms with Crippen molar-refractivity contribution in [2.45, 2.75) is 0 Å². The Morgan fingerprint density at radius 3 is 2.56 bits per heavy atom. The molecule has 0 aliphatic carbocycles. The lowest BCUT2D eigenvalue weighted by atomic mass is 10.2. The number of aromatic nitrogens is 1. The fraction of sp³-hybridized carbons (Fsp3) is 0.400. The highest BCUT2D eigenvalue weighted by molar-refractivity contribution is 6.42. The molecule has 0 saturated carbocycles. The molecule has 0 bridgehead atoms. The van der Waals surface area contributed by atoms with E-state index >= 15 is 0 Å². The van der Waals surface area contributed by atoms with Crippen LogP contribution in [0.25, 0.3) is 0 Å². The van der Waals surface area contributed by atoms with Gasteiger partial charge in [-0.15, -0.1) is 0 Å². The summed E-state index contributed by atoms with van der Waals surface area (Å²) in [6.07, 6.45) is 0. The number of ketones is 1. The molecule has 1 aromatic rings. The minimum Gasteiger partial charge on any atom is -0.378 e. The molecule has 0 aromatic carbocycles. The third kappa shape index (κ3) is 2.38. The number of rotatable bonds is 3. The summed E-state index contributed by atoms with van der Waals surface area (Å²) in [7, 11) is 0. The Bertz CT molecular complexity index is 489. The highest BCUT2D eigenvalue weighted by atomic mass is 16.6. The number of amides is 1. The summed E-state index contributed by atoms with van der Waals surface area (Å²) in [5, 5.41) is 10.5. The normalized spacial score (nSPS) is 15.4. The molecule has 1 saturated heterocycles. The number of H-pyrrole nitrogens is 1. The fourth-order valence-corrected chi connectivity index (χ4v) is 1.65. The third-order valence-electron chi connectivity index (χ3n) is 2.60. The Morgan fingerprint density at radius 2 is 2.00 bits per heavy atom. The first kappa shape index (κ1) is 12.2. The Kier molecular flexibility index (Phi) is 3.38. The predicted molar refractivity (Wildman–Crippen MR) is 59.2 cm³/mol. The zero-order valence-electron chi connectivity index (χ0n) is 9.42. The topological polar surface area (TPSA) is 106 Å². The van der Waals surface area contributed by atoms with Crippen LogP contribution in [-0.2, 0) is 9.53 Å². The van der Waals surface area contributed by atoms with Crippen molar-refractivity contribution in [3.05, 3.63) is 27.9 Å². The number of hydrogen-bond donors (Lipinski definition) is 1. The molecule has 18 heavy (non-hydrogen) atoms. The first-order chi connectivity index (χ1) is 8.59. The molecule has 8 nitrogen and oxygen atoms in total. The summed E-state index contributed by atoms with van der Waals surface area (Å²) < 4.78 is 5.07. The molecule has 1 aliphatic rings. The summed E-state index contributed by atoms with van der Waals surface area (Å²) in [6.45, 7) is 1.49. The first-order valence-corrected chi connectivity index (χ1v) is 5.34. The van der Waals surface area contributed by atoms with Crippen LogP contribution in [0.2, 0.25) is 0 Å². The van der Waals surface area contributed by atoms with Crippen molar-refractivity contribution < 1.29 is 19.2 Å². The molecule has 1 N–H and O–H groups in total. The second-order valence-corrected chi connectivity index (χ2v) is 3.75. The molecular formula is C10H11N3O5. The van der Waals surface area contributed by atoms with Gasteiger partial charge in [0.15, 0.2) is 5.69 Å². The monoisotopic (exact) mass is 253 g/mol. The van der Waals surface area contributed by atoms with Crippen LogP contribution in [0.15, 0.2) is 12.1 Å². The summed E-state index contributed by atoms with van der Waals surface area (Å²) in [5.41, 5.74) is -0.0711. The van der Waals surface area contributed by atoms with E-state index < -0.39 is 16.6 Å². The van der Waals surface area contributed by atoms with Gasteiger partial charge in [0.1, 0.15) is 0 Å². The highest BCUT2D eigenvalue weighted by Gasteiger charge is 2.28. The smallest absolute Gasteiger partial charge is 0.321 e. The summed E-state index contributed by atoms with van der Waals surface area (Å²) in [4.78, 5) is 37.1. The molecule has 1 aliphatic heterocycles. The van der Waals surface area contributed by atoms with Crippen LogP contribution in [-0.4, -0.2) is 52.8 Å². The standard InChI is InChI=1S/C10H11N3O5/c14-9(7-1-2-8(11-7)13(16)17)10(15)12-3-5-18-6-4-12/h1-2,11H,3-6H2. The Balaban J connectivity index is 2.09. The van der Waals surface area contributed by atoms with Crippen molar-refractivity contribution in [3.63, 3.8) is 0 Å². The van der Waals surface area contributed by atoms with Crippen molar-refractivity contribution >= 4 is 17.5 Å². The number of carbonyl (C=O) groups is 2. The van der Waals surface area contributed by atoms with E-state index in [0.29, 0.717) is 26.3 Å². The molecule has 2 rings (SSSR count). The molecule has 0 spiro atoms. The van der Waals surface area contributed by atoms with Gasteiger partial charge in [0.25, 0.3) is 11.7 Å². The van der Waals surface area contributed by atoms with Crippen molar-refractivity contribution in [2.24, 2.45) is 0 Å². The van der Waals surface area contributed by atoms with Crippen molar-refractivity contribution in [1.82, 2.24) is 9.88 Å². The van der Waals surface area contributed by atoms with Gasteiger partial charge in [-0.1, -0.05) is 0 Å². The van der Waals surface area contributed by atoms with Crippen LogP contribution in [0, 0.1) is 10.1 Å². The zero-order valence-corrected chi connectivity index (χ0v) is 9.42. The van der Waals surface area contributed by atoms with Gasteiger partial charge in [-0.05, 0) is 11.0 Å². The number of Topliss-reactive ketones (excluding diaryl/α,β-unsaturated/α-hetero) is 1. The van der Waals surface area contributed by atoms with E-state index in [1.165, 1.54) is 11.0 Å². The molecule has 1 aromatic heterocycles.